The zero-order valence-electron chi connectivity index (χ0n) is 16.8. The molecule has 8 heteroatoms. The molecule has 0 saturated heterocycles. The first-order valence-electron chi connectivity index (χ1n) is 9.45. The van der Waals surface area contributed by atoms with Crippen molar-refractivity contribution in [3.63, 3.8) is 0 Å². The lowest BCUT2D eigenvalue weighted by molar-refractivity contribution is -0.142. The second-order valence-electron chi connectivity index (χ2n) is 6.17. The first kappa shape index (κ1) is 21.0. The summed E-state index contributed by atoms with van der Waals surface area (Å²) in [4.78, 5) is 24.1. The number of carbonyl (C=O) groups excluding carboxylic acids is 2. The molecule has 1 amide bonds. The third-order valence-electron chi connectivity index (χ3n) is 4.07. The van der Waals surface area contributed by atoms with Crippen LogP contribution in [0.3, 0.4) is 0 Å². The molecule has 158 valence electrons. The third-order valence-corrected chi connectivity index (χ3v) is 4.07. The van der Waals surface area contributed by atoms with Gasteiger partial charge in [0.2, 0.25) is 5.75 Å². The van der Waals surface area contributed by atoms with Crippen molar-refractivity contribution >= 4 is 23.6 Å². The Labute approximate surface area is 174 Å². The summed E-state index contributed by atoms with van der Waals surface area (Å²) < 4.78 is 26.9. The number of benzene rings is 2. The number of methoxy groups -OCH3 is 1. The molecule has 1 N–H and O–H groups in total. The average Bonchev–Trinajstić information content (AvgIpc) is 2.77. The van der Waals surface area contributed by atoms with Crippen molar-refractivity contribution in [1.29, 1.82) is 0 Å². The number of carbonyl (C=O) groups is 2. The van der Waals surface area contributed by atoms with Gasteiger partial charge in [0, 0.05) is 6.08 Å². The molecule has 0 atom stereocenters. The molecule has 8 nitrogen and oxygen atoms in total. The highest BCUT2D eigenvalue weighted by atomic mass is 16.6. The molecule has 30 heavy (non-hydrogen) atoms. The molecular weight excluding hydrogens is 390 g/mol. The molecule has 1 aliphatic rings. The molecule has 1 aliphatic heterocycles. The minimum Gasteiger partial charge on any atom is -0.493 e. The van der Waals surface area contributed by atoms with E-state index in [2.05, 4.69) is 5.32 Å². The molecule has 0 saturated carbocycles. The first-order chi connectivity index (χ1) is 14.6. The number of rotatable bonds is 8. The number of anilines is 1. The van der Waals surface area contributed by atoms with Gasteiger partial charge in [-0.15, -0.1) is 0 Å². The summed E-state index contributed by atoms with van der Waals surface area (Å²) in [6.07, 6.45) is 2.78. The molecular formula is C22H23NO7. The predicted octanol–water partition coefficient (Wildman–Crippen LogP) is 3.06. The average molecular weight is 413 g/mol. The molecule has 2 aromatic rings. The third kappa shape index (κ3) is 5.44. The van der Waals surface area contributed by atoms with E-state index in [1.54, 1.807) is 42.5 Å². The Bertz CT molecular complexity index is 922. The van der Waals surface area contributed by atoms with Gasteiger partial charge in [0.15, 0.2) is 18.1 Å². The number of esters is 1. The van der Waals surface area contributed by atoms with E-state index in [0.717, 1.165) is 0 Å². The number of amides is 1. The standard InChI is InChI=1S/C22H23NO7/c1-3-27-17-7-5-4-6-16(17)23-20(24)14-30-21(25)9-8-15-12-18(26-2)22-19(13-15)28-10-11-29-22/h4-9,12-13H,3,10-11,14H2,1-2H3,(H,23,24)/b9-8+. The van der Waals surface area contributed by atoms with Crippen LogP contribution in [0.25, 0.3) is 6.08 Å². The van der Waals surface area contributed by atoms with Crippen LogP contribution in [0.15, 0.2) is 42.5 Å². The fourth-order valence-corrected chi connectivity index (χ4v) is 2.78. The Morgan fingerprint density at radius 3 is 2.73 bits per heavy atom. The summed E-state index contributed by atoms with van der Waals surface area (Å²) in [5.41, 5.74) is 1.18. The number of fused-ring (bicyclic) bond motifs is 1. The van der Waals surface area contributed by atoms with Crippen molar-refractivity contribution in [3.05, 3.63) is 48.0 Å². The fourth-order valence-electron chi connectivity index (χ4n) is 2.78. The Morgan fingerprint density at radius 2 is 1.93 bits per heavy atom. The molecule has 0 unspecified atom stereocenters. The Balaban J connectivity index is 1.56. The van der Waals surface area contributed by atoms with E-state index in [9.17, 15) is 9.59 Å². The van der Waals surface area contributed by atoms with Crippen molar-refractivity contribution in [2.24, 2.45) is 0 Å². The highest BCUT2D eigenvalue weighted by Crippen LogP contribution is 2.40. The van der Waals surface area contributed by atoms with Crippen molar-refractivity contribution in [3.8, 4) is 23.0 Å². The van der Waals surface area contributed by atoms with Gasteiger partial charge >= 0.3 is 5.97 Å². The van der Waals surface area contributed by atoms with Crippen LogP contribution >= 0.6 is 0 Å². The second kappa shape index (κ2) is 10.2. The van der Waals surface area contributed by atoms with Gasteiger partial charge in [0.1, 0.15) is 19.0 Å². The highest BCUT2D eigenvalue weighted by Gasteiger charge is 2.18. The largest absolute Gasteiger partial charge is 0.493 e. The Hall–Kier alpha value is -3.68. The zero-order valence-corrected chi connectivity index (χ0v) is 16.8. The quantitative estimate of drug-likeness (QED) is 0.525. The maximum absolute atomic E-state index is 12.1. The van der Waals surface area contributed by atoms with Gasteiger partial charge in [-0.1, -0.05) is 12.1 Å². The summed E-state index contributed by atoms with van der Waals surface area (Å²) in [5, 5.41) is 2.66. The van der Waals surface area contributed by atoms with Crippen molar-refractivity contribution in [2.45, 2.75) is 6.92 Å². The molecule has 0 radical (unpaired) electrons. The SMILES string of the molecule is CCOc1ccccc1NC(=O)COC(=O)/C=C/c1cc(OC)c2c(c1)OCCO2. The van der Waals surface area contributed by atoms with Crippen LogP contribution in [0.2, 0.25) is 0 Å². The molecule has 1 heterocycles. The van der Waals surface area contributed by atoms with Gasteiger partial charge in [-0.05, 0) is 42.8 Å². The molecule has 0 spiro atoms. The molecule has 2 aromatic carbocycles. The monoisotopic (exact) mass is 413 g/mol. The number of nitrogens with one attached hydrogen (secondary N) is 1. The number of hydrogen-bond acceptors (Lipinski definition) is 7. The maximum Gasteiger partial charge on any atom is 0.331 e. The van der Waals surface area contributed by atoms with E-state index in [1.807, 2.05) is 6.92 Å². The lowest BCUT2D eigenvalue weighted by Gasteiger charge is -2.20. The predicted molar refractivity (Wildman–Crippen MR) is 110 cm³/mol. The van der Waals surface area contributed by atoms with Crippen LogP contribution in [0.1, 0.15) is 12.5 Å². The van der Waals surface area contributed by atoms with E-state index < -0.39 is 18.5 Å². The smallest absolute Gasteiger partial charge is 0.331 e. The lowest BCUT2D eigenvalue weighted by atomic mass is 10.1. The number of hydrogen-bond donors (Lipinski definition) is 1. The Morgan fingerprint density at radius 1 is 1.13 bits per heavy atom. The zero-order chi connectivity index (χ0) is 21.3. The molecule has 0 aliphatic carbocycles. The van der Waals surface area contributed by atoms with Gasteiger partial charge in [-0.25, -0.2) is 4.79 Å². The molecule has 0 bridgehead atoms. The van der Waals surface area contributed by atoms with E-state index in [4.69, 9.17) is 23.7 Å². The summed E-state index contributed by atoms with van der Waals surface area (Å²) >= 11 is 0. The van der Waals surface area contributed by atoms with Crippen molar-refractivity contribution < 1.29 is 33.3 Å². The van der Waals surface area contributed by atoms with Crippen molar-refractivity contribution in [2.75, 3.05) is 38.9 Å². The van der Waals surface area contributed by atoms with Crippen LogP contribution in [-0.2, 0) is 14.3 Å². The van der Waals surface area contributed by atoms with E-state index in [1.165, 1.54) is 13.2 Å². The summed E-state index contributed by atoms with van der Waals surface area (Å²) in [7, 11) is 1.53. The maximum atomic E-state index is 12.1. The number of para-hydroxylation sites is 2. The van der Waals surface area contributed by atoms with Crippen LogP contribution in [0, 0.1) is 0 Å². The highest BCUT2D eigenvalue weighted by molar-refractivity contribution is 5.95. The number of ether oxygens (including phenoxy) is 5. The summed E-state index contributed by atoms with van der Waals surface area (Å²) in [5.74, 6) is 1.01. The molecule has 3 rings (SSSR count). The lowest BCUT2D eigenvalue weighted by Crippen LogP contribution is -2.20. The molecule has 0 aromatic heterocycles. The van der Waals surface area contributed by atoms with Crippen LogP contribution < -0.4 is 24.3 Å². The Kier molecular flexibility index (Phi) is 7.15. The van der Waals surface area contributed by atoms with Crippen LogP contribution in [0.4, 0.5) is 5.69 Å². The van der Waals surface area contributed by atoms with Crippen LogP contribution in [0.5, 0.6) is 23.0 Å². The van der Waals surface area contributed by atoms with E-state index in [-0.39, 0.29) is 0 Å². The van der Waals surface area contributed by atoms with E-state index in [0.29, 0.717) is 54.1 Å². The van der Waals surface area contributed by atoms with Gasteiger partial charge in [-0.3, -0.25) is 4.79 Å². The van der Waals surface area contributed by atoms with Crippen LogP contribution in [-0.4, -0.2) is 45.4 Å². The van der Waals surface area contributed by atoms with Gasteiger partial charge in [-0.2, -0.15) is 0 Å². The van der Waals surface area contributed by atoms with Gasteiger partial charge in [0.05, 0.1) is 19.4 Å². The second-order valence-corrected chi connectivity index (χ2v) is 6.17. The summed E-state index contributed by atoms with van der Waals surface area (Å²) in [6.45, 7) is 2.78. The minimum atomic E-state index is -0.655. The molecule has 0 fully saturated rings. The van der Waals surface area contributed by atoms with Gasteiger partial charge in [0.25, 0.3) is 5.91 Å². The summed E-state index contributed by atoms with van der Waals surface area (Å²) in [6, 6.07) is 10.5. The van der Waals surface area contributed by atoms with Crippen molar-refractivity contribution in [1.82, 2.24) is 0 Å². The topological polar surface area (TPSA) is 92.3 Å². The van der Waals surface area contributed by atoms with Gasteiger partial charge < -0.3 is 29.0 Å². The first-order valence-corrected chi connectivity index (χ1v) is 9.45. The van der Waals surface area contributed by atoms with E-state index >= 15 is 0 Å². The fraction of sp³-hybridized carbons (Fsp3) is 0.273. The normalized spacial score (nSPS) is 12.3. The minimum absolute atomic E-state index is 0.423.